The second-order valence-corrected chi connectivity index (χ2v) is 5.04. The van der Waals surface area contributed by atoms with Gasteiger partial charge in [-0.15, -0.1) is 0 Å². The smallest absolute Gasteiger partial charge is 0.337 e. The molecule has 5 nitrogen and oxygen atoms in total. The molecular weight excluding hydrogens is 343 g/mol. The highest BCUT2D eigenvalue weighted by atomic mass is 79.9. The van der Waals surface area contributed by atoms with E-state index in [-0.39, 0.29) is 16.8 Å². The SMILES string of the molecule is Nc1cc(C(=O)Nc2ccc(F)cc2C(=O)O)ccc1Br. The first-order chi connectivity index (χ1) is 9.88. The van der Waals surface area contributed by atoms with Crippen LogP contribution >= 0.6 is 15.9 Å². The predicted octanol–water partition coefficient (Wildman–Crippen LogP) is 3.12. The number of rotatable bonds is 3. The van der Waals surface area contributed by atoms with Crippen molar-refractivity contribution in [2.75, 3.05) is 11.1 Å². The summed E-state index contributed by atoms with van der Waals surface area (Å²) >= 11 is 3.21. The molecule has 0 atom stereocenters. The molecule has 0 unspecified atom stereocenters. The molecule has 4 N–H and O–H groups in total. The lowest BCUT2D eigenvalue weighted by Gasteiger charge is -2.09. The van der Waals surface area contributed by atoms with Crippen LogP contribution in [0.3, 0.4) is 0 Å². The molecular formula is C14H10BrFN2O3. The van der Waals surface area contributed by atoms with Gasteiger partial charge in [-0.1, -0.05) is 0 Å². The summed E-state index contributed by atoms with van der Waals surface area (Å²) < 4.78 is 13.7. The number of hydrogen-bond acceptors (Lipinski definition) is 3. The Morgan fingerprint density at radius 2 is 1.90 bits per heavy atom. The molecule has 0 aromatic heterocycles. The fourth-order valence-corrected chi connectivity index (χ4v) is 1.93. The van der Waals surface area contributed by atoms with E-state index in [1.54, 1.807) is 6.07 Å². The molecule has 0 spiro atoms. The van der Waals surface area contributed by atoms with Gasteiger partial charge in [0.1, 0.15) is 5.82 Å². The molecule has 0 saturated carbocycles. The average Bonchev–Trinajstić information content (AvgIpc) is 2.43. The van der Waals surface area contributed by atoms with Crippen LogP contribution in [0.1, 0.15) is 20.7 Å². The third kappa shape index (κ3) is 3.38. The Morgan fingerprint density at radius 1 is 1.19 bits per heavy atom. The summed E-state index contributed by atoms with van der Waals surface area (Å²) in [6.07, 6.45) is 0. The fourth-order valence-electron chi connectivity index (χ4n) is 1.68. The van der Waals surface area contributed by atoms with Crippen molar-refractivity contribution >= 4 is 39.2 Å². The molecule has 1 amide bonds. The van der Waals surface area contributed by atoms with Gasteiger partial charge in [-0.25, -0.2) is 9.18 Å². The first kappa shape index (κ1) is 15.0. The summed E-state index contributed by atoms with van der Waals surface area (Å²) in [4.78, 5) is 23.1. The molecule has 2 aromatic rings. The normalized spacial score (nSPS) is 10.2. The number of nitrogens with two attached hydrogens (primary N) is 1. The van der Waals surface area contributed by atoms with Gasteiger partial charge in [0.15, 0.2) is 0 Å². The van der Waals surface area contributed by atoms with Gasteiger partial charge in [0, 0.05) is 15.7 Å². The molecule has 108 valence electrons. The van der Waals surface area contributed by atoms with E-state index in [2.05, 4.69) is 21.2 Å². The van der Waals surface area contributed by atoms with E-state index in [4.69, 9.17) is 10.8 Å². The first-order valence-electron chi connectivity index (χ1n) is 5.77. The number of carboxylic acid groups (broad SMARTS) is 1. The summed E-state index contributed by atoms with van der Waals surface area (Å²) in [6.45, 7) is 0. The molecule has 0 aliphatic heterocycles. The third-order valence-corrected chi connectivity index (χ3v) is 3.44. The summed E-state index contributed by atoms with van der Waals surface area (Å²) in [7, 11) is 0. The van der Waals surface area contributed by atoms with Gasteiger partial charge in [0.2, 0.25) is 0 Å². The molecule has 0 fully saturated rings. The number of amides is 1. The quantitative estimate of drug-likeness (QED) is 0.740. The Hall–Kier alpha value is -2.41. The molecule has 2 aromatic carbocycles. The van der Waals surface area contributed by atoms with Crippen molar-refractivity contribution in [3.05, 3.63) is 57.8 Å². The fraction of sp³-hybridized carbons (Fsp3) is 0. The van der Waals surface area contributed by atoms with Crippen LogP contribution in [0, 0.1) is 5.82 Å². The van der Waals surface area contributed by atoms with Gasteiger partial charge in [-0.3, -0.25) is 4.79 Å². The number of carbonyl (C=O) groups excluding carboxylic acids is 1. The summed E-state index contributed by atoms with van der Waals surface area (Å²) in [5.74, 6) is -2.57. The van der Waals surface area contributed by atoms with Crippen molar-refractivity contribution in [1.29, 1.82) is 0 Å². The van der Waals surface area contributed by atoms with Gasteiger partial charge in [-0.2, -0.15) is 0 Å². The summed E-state index contributed by atoms with van der Waals surface area (Å²) in [5.41, 5.74) is 6.00. The molecule has 0 heterocycles. The van der Waals surface area contributed by atoms with Crippen molar-refractivity contribution in [2.45, 2.75) is 0 Å². The van der Waals surface area contributed by atoms with Crippen molar-refractivity contribution < 1.29 is 19.1 Å². The number of aromatic carboxylic acids is 1. The third-order valence-electron chi connectivity index (χ3n) is 2.72. The van der Waals surface area contributed by atoms with E-state index >= 15 is 0 Å². The lowest BCUT2D eigenvalue weighted by Crippen LogP contribution is -2.15. The maximum Gasteiger partial charge on any atom is 0.337 e. The van der Waals surface area contributed by atoms with Crippen molar-refractivity contribution in [2.24, 2.45) is 0 Å². The number of hydrogen-bond donors (Lipinski definition) is 3. The minimum absolute atomic E-state index is 0.00962. The zero-order valence-corrected chi connectivity index (χ0v) is 12.1. The summed E-state index contributed by atoms with van der Waals surface area (Å²) in [5, 5.41) is 11.4. The van der Waals surface area contributed by atoms with Crippen LogP contribution in [-0.4, -0.2) is 17.0 Å². The van der Waals surface area contributed by atoms with Crippen LogP contribution in [0.15, 0.2) is 40.9 Å². The minimum Gasteiger partial charge on any atom is -0.478 e. The highest BCUT2D eigenvalue weighted by molar-refractivity contribution is 9.10. The van der Waals surface area contributed by atoms with E-state index in [1.807, 2.05) is 0 Å². The Morgan fingerprint density at radius 3 is 2.52 bits per heavy atom. The highest BCUT2D eigenvalue weighted by Gasteiger charge is 2.15. The highest BCUT2D eigenvalue weighted by Crippen LogP contribution is 2.22. The Kier molecular flexibility index (Phi) is 4.23. The summed E-state index contributed by atoms with van der Waals surface area (Å²) in [6, 6.07) is 7.68. The maximum atomic E-state index is 13.1. The second kappa shape index (κ2) is 5.92. The maximum absolute atomic E-state index is 13.1. The Labute approximate surface area is 127 Å². The average molecular weight is 353 g/mol. The topological polar surface area (TPSA) is 92.4 Å². The molecule has 0 radical (unpaired) electrons. The zero-order chi connectivity index (χ0) is 15.6. The molecule has 0 saturated heterocycles. The van der Waals surface area contributed by atoms with E-state index in [0.29, 0.717) is 10.2 Å². The largest absolute Gasteiger partial charge is 0.478 e. The van der Waals surface area contributed by atoms with Crippen LogP contribution in [0.25, 0.3) is 0 Å². The number of carbonyl (C=O) groups is 2. The van der Waals surface area contributed by atoms with Gasteiger partial charge >= 0.3 is 5.97 Å². The minimum atomic E-state index is -1.33. The lowest BCUT2D eigenvalue weighted by molar-refractivity contribution is 0.0697. The van der Waals surface area contributed by atoms with Gasteiger partial charge in [0.05, 0.1) is 11.3 Å². The van der Waals surface area contributed by atoms with Crippen LogP contribution in [0.4, 0.5) is 15.8 Å². The molecule has 7 heteroatoms. The molecule has 0 bridgehead atoms. The Bertz CT molecular complexity index is 734. The standard InChI is InChI=1S/C14H10BrFN2O3/c15-10-3-1-7(5-11(10)17)13(19)18-12-4-2-8(16)6-9(12)14(20)21/h1-6H,17H2,(H,18,19)(H,20,21). The Balaban J connectivity index is 2.31. The number of nitrogen functional groups attached to an aromatic ring is 1. The van der Waals surface area contributed by atoms with Gasteiger partial charge in [-0.05, 0) is 52.3 Å². The van der Waals surface area contributed by atoms with E-state index in [9.17, 15) is 14.0 Å². The van der Waals surface area contributed by atoms with E-state index < -0.39 is 17.7 Å². The molecule has 0 aliphatic carbocycles. The van der Waals surface area contributed by atoms with Crippen LogP contribution in [0.5, 0.6) is 0 Å². The lowest BCUT2D eigenvalue weighted by atomic mass is 10.1. The number of nitrogens with one attached hydrogen (secondary N) is 1. The number of anilines is 2. The molecule has 0 aliphatic rings. The van der Waals surface area contributed by atoms with Crippen LogP contribution in [-0.2, 0) is 0 Å². The van der Waals surface area contributed by atoms with Gasteiger partial charge < -0.3 is 16.2 Å². The van der Waals surface area contributed by atoms with Crippen LogP contribution < -0.4 is 11.1 Å². The number of carboxylic acids is 1. The number of benzene rings is 2. The van der Waals surface area contributed by atoms with E-state index in [1.165, 1.54) is 18.2 Å². The first-order valence-corrected chi connectivity index (χ1v) is 6.57. The van der Waals surface area contributed by atoms with Crippen molar-refractivity contribution in [1.82, 2.24) is 0 Å². The monoisotopic (exact) mass is 352 g/mol. The molecule has 21 heavy (non-hydrogen) atoms. The van der Waals surface area contributed by atoms with Crippen molar-refractivity contribution in [3.63, 3.8) is 0 Å². The second-order valence-electron chi connectivity index (χ2n) is 4.19. The predicted molar refractivity (Wildman–Crippen MR) is 79.9 cm³/mol. The number of halogens is 2. The van der Waals surface area contributed by atoms with E-state index in [0.717, 1.165) is 12.1 Å². The van der Waals surface area contributed by atoms with Crippen LogP contribution in [0.2, 0.25) is 0 Å². The zero-order valence-electron chi connectivity index (χ0n) is 10.6. The van der Waals surface area contributed by atoms with Gasteiger partial charge in [0.25, 0.3) is 5.91 Å². The molecule has 2 rings (SSSR count). The van der Waals surface area contributed by atoms with Crippen molar-refractivity contribution in [3.8, 4) is 0 Å².